The van der Waals surface area contributed by atoms with Gasteiger partial charge in [0.25, 0.3) is 0 Å². The number of rotatable bonds is 2. The first kappa shape index (κ1) is 8.74. The summed E-state index contributed by atoms with van der Waals surface area (Å²) in [7, 11) is 0. The fourth-order valence-corrected chi connectivity index (χ4v) is 1.45. The van der Waals surface area contributed by atoms with Crippen molar-refractivity contribution in [2.45, 2.75) is 6.42 Å². The van der Waals surface area contributed by atoms with Crippen LogP contribution in [0.3, 0.4) is 0 Å². The fraction of sp³-hybridized carbons (Fsp3) is 0.0769. The van der Waals surface area contributed by atoms with Crippen molar-refractivity contribution in [2.75, 3.05) is 0 Å². The molecular formula is C13H12N+. The first-order valence-corrected chi connectivity index (χ1v) is 4.65. The average Bonchev–Trinajstić information content (AvgIpc) is 2.23. The van der Waals surface area contributed by atoms with Gasteiger partial charge in [-0.3, -0.25) is 0 Å². The Morgan fingerprint density at radius 1 is 1.14 bits per heavy atom. The minimum absolute atomic E-state index is 0.747. The molecular weight excluding hydrogens is 170 g/mol. The van der Waals surface area contributed by atoms with Crippen LogP contribution in [0.15, 0.2) is 59.8 Å². The molecule has 0 saturated carbocycles. The zero-order valence-electron chi connectivity index (χ0n) is 7.90. The van der Waals surface area contributed by atoms with E-state index in [9.17, 15) is 0 Å². The highest BCUT2D eigenvalue weighted by molar-refractivity contribution is 5.39. The molecule has 0 aliphatic heterocycles. The van der Waals surface area contributed by atoms with E-state index in [4.69, 9.17) is 5.73 Å². The Balaban J connectivity index is 2.17. The van der Waals surface area contributed by atoms with Crippen LogP contribution in [0.4, 0.5) is 0 Å². The van der Waals surface area contributed by atoms with E-state index in [0.717, 1.165) is 17.7 Å². The molecule has 1 nitrogen and oxygen atoms in total. The van der Waals surface area contributed by atoms with Crippen LogP contribution in [0.2, 0.25) is 0 Å². The third kappa shape index (κ3) is 1.90. The number of allylic oxidation sites excluding steroid dienone is 5. The largest absolute Gasteiger partial charge is 0.369 e. The molecule has 0 fully saturated rings. The fourth-order valence-electron chi connectivity index (χ4n) is 1.45. The third-order valence-electron chi connectivity index (χ3n) is 2.22. The molecule has 0 atom stereocenters. The zero-order chi connectivity index (χ0) is 9.80. The Morgan fingerprint density at radius 3 is 2.64 bits per heavy atom. The number of hydrogen-bond donors (Lipinski definition) is 1. The molecule has 1 aliphatic rings. The van der Waals surface area contributed by atoms with Crippen LogP contribution in [0.5, 0.6) is 0 Å². The molecule has 1 aliphatic carbocycles. The molecule has 1 heteroatoms. The van der Waals surface area contributed by atoms with Gasteiger partial charge < -0.3 is 5.73 Å². The summed E-state index contributed by atoms with van der Waals surface area (Å²) >= 11 is 0. The summed E-state index contributed by atoms with van der Waals surface area (Å²) in [6.45, 7) is 0. The van der Waals surface area contributed by atoms with Crippen LogP contribution in [-0.2, 0) is 6.42 Å². The Morgan fingerprint density at radius 2 is 1.93 bits per heavy atom. The second-order valence-electron chi connectivity index (χ2n) is 3.27. The first-order chi connectivity index (χ1) is 6.86. The highest BCUT2D eigenvalue weighted by Crippen LogP contribution is 2.15. The molecule has 0 aromatic heterocycles. The Hall–Kier alpha value is -1.85. The highest BCUT2D eigenvalue weighted by Gasteiger charge is 2.12. The predicted molar refractivity (Wildman–Crippen MR) is 58.3 cm³/mol. The quantitative estimate of drug-likeness (QED) is 0.698. The zero-order valence-corrected chi connectivity index (χ0v) is 7.90. The molecule has 2 rings (SSSR count). The minimum atomic E-state index is 0.747. The smallest absolute Gasteiger partial charge is 0.203 e. The molecule has 0 bridgehead atoms. The Labute approximate surface area is 84.3 Å². The lowest BCUT2D eigenvalue weighted by Gasteiger charge is -2.01. The Kier molecular flexibility index (Phi) is 2.44. The minimum Gasteiger partial charge on any atom is -0.369 e. The molecule has 0 unspecified atom stereocenters. The molecule has 14 heavy (non-hydrogen) atoms. The number of hydrogen-bond acceptors (Lipinski definition) is 1. The summed E-state index contributed by atoms with van der Waals surface area (Å²) in [5.41, 5.74) is 8.97. The van der Waals surface area contributed by atoms with Gasteiger partial charge in [-0.25, -0.2) is 0 Å². The van der Waals surface area contributed by atoms with E-state index in [1.165, 1.54) is 5.56 Å². The van der Waals surface area contributed by atoms with Crippen molar-refractivity contribution in [3.63, 3.8) is 0 Å². The first-order valence-electron chi connectivity index (χ1n) is 4.65. The van der Waals surface area contributed by atoms with Crippen LogP contribution < -0.4 is 5.73 Å². The molecule has 0 heterocycles. The van der Waals surface area contributed by atoms with Gasteiger partial charge in [-0.1, -0.05) is 30.3 Å². The molecule has 0 radical (unpaired) electrons. The normalized spacial score (nSPS) is 14.3. The van der Waals surface area contributed by atoms with Crippen molar-refractivity contribution in [3.8, 4) is 0 Å². The molecule has 1 aromatic carbocycles. The molecule has 0 spiro atoms. The van der Waals surface area contributed by atoms with Gasteiger partial charge in [0.1, 0.15) is 6.08 Å². The molecule has 2 N–H and O–H groups in total. The van der Waals surface area contributed by atoms with Crippen LogP contribution in [0, 0.1) is 6.08 Å². The van der Waals surface area contributed by atoms with Crippen molar-refractivity contribution < 1.29 is 0 Å². The molecule has 0 amide bonds. The summed E-state index contributed by atoms with van der Waals surface area (Å²) in [5.74, 6) is 0. The van der Waals surface area contributed by atoms with E-state index in [2.05, 4.69) is 18.2 Å². The summed E-state index contributed by atoms with van der Waals surface area (Å²) in [6.07, 6.45) is 9.72. The lowest BCUT2D eigenvalue weighted by molar-refractivity contribution is 1.11. The topological polar surface area (TPSA) is 26.0 Å². The van der Waals surface area contributed by atoms with E-state index in [-0.39, 0.29) is 0 Å². The lowest BCUT2D eigenvalue weighted by Crippen LogP contribution is -2.05. The van der Waals surface area contributed by atoms with Crippen molar-refractivity contribution in [3.05, 3.63) is 71.5 Å². The van der Waals surface area contributed by atoms with Gasteiger partial charge >= 0.3 is 0 Å². The van der Waals surface area contributed by atoms with Gasteiger partial charge in [-0.2, -0.15) is 0 Å². The molecule has 1 aromatic rings. The van der Waals surface area contributed by atoms with E-state index in [0.29, 0.717) is 0 Å². The van der Waals surface area contributed by atoms with Gasteiger partial charge in [-0.05, 0) is 5.56 Å². The van der Waals surface area contributed by atoms with Crippen molar-refractivity contribution in [1.82, 2.24) is 0 Å². The van der Waals surface area contributed by atoms with Crippen LogP contribution in [0.1, 0.15) is 5.56 Å². The molecule has 0 saturated heterocycles. The highest BCUT2D eigenvalue weighted by atomic mass is 14.6. The summed E-state index contributed by atoms with van der Waals surface area (Å²) < 4.78 is 0. The molecule has 68 valence electrons. The van der Waals surface area contributed by atoms with E-state index >= 15 is 0 Å². The lowest BCUT2D eigenvalue weighted by atomic mass is 10.00. The van der Waals surface area contributed by atoms with Gasteiger partial charge in [-0.15, -0.1) is 0 Å². The monoisotopic (exact) mass is 182 g/mol. The van der Waals surface area contributed by atoms with E-state index in [1.807, 2.05) is 36.4 Å². The number of nitrogens with two attached hydrogens (primary N) is 1. The summed E-state index contributed by atoms with van der Waals surface area (Å²) in [4.78, 5) is 0. The number of benzene rings is 1. The standard InChI is InChI=1S/C13H12N/c14-13-9-5-4-8-12(13)10-11-6-2-1-3-7-11/h1-8H,10,14H2/q+1. The van der Waals surface area contributed by atoms with Crippen LogP contribution >= 0.6 is 0 Å². The second kappa shape index (κ2) is 3.91. The van der Waals surface area contributed by atoms with Gasteiger partial charge in [0, 0.05) is 12.5 Å². The van der Waals surface area contributed by atoms with Crippen molar-refractivity contribution in [2.24, 2.45) is 5.73 Å². The maximum Gasteiger partial charge on any atom is 0.203 e. The maximum absolute atomic E-state index is 5.81. The predicted octanol–water partition coefficient (Wildman–Crippen LogP) is 2.37. The SMILES string of the molecule is NC1=[C+]C=CC=C1Cc1ccccc1. The van der Waals surface area contributed by atoms with Crippen LogP contribution in [-0.4, -0.2) is 0 Å². The van der Waals surface area contributed by atoms with E-state index < -0.39 is 0 Å². The van der Waals surface area contributed by atoms with Gasteiger partial charge in [0.15, 0.2) is 0 Å². The van der Waals surface area contributed by atoms with Crippen molar-refractivity contribution >= 4 is 0 Å². The van der Waals surface area contributed by atoms with Crippen molar-refractivity contribution in [1.29, 1.82) is 0 Å². The Bertz CT molecular complexity index is 397. The van der Waals surface area contributed by atoms with E-state index in [1.54, 1.807) is 0 Å². The second-order valence-corrected chi connectivity index (χ2v) is 3.27. The van der Waals surface area contributed by atoms with Gasteiger partial charge in [0.05, 0.1) is 17.7 Å². The summed E-state index contributed by atoms with van der Waals surface area (Å²) in [5, 5.41) is 0. The maximum atomic E-state index is 5.81. The third-order valence-corrected chi connectivity index (χ3v) is 2.22. The van der Waals surface area contributed by atoms with Crippen LogP contribution in [0.25, 0.3) is 0 Å². The van der Waals surface area contributed by atoms with Gasteiger partial charge in [0.2, 0.25) is 5.70 Å². The average molecular weight is 182 g/mol. The summed E-state index contributed by atoms with van der Waals surface area (Å²) in [6, 6.07) is 10.3.